The smallest absolute Gasteiger partial charge is 0.165 e. The predicted octanol–water partition coefficient (Wildman–Crippen LogP) is 0.663. The van der Waals surface area contributed by atoms with Crippen LogP contribution in [0.15, 0.2) is 0 Å². The van der Waals surface area contributed by atoms with Crippen molar-refractivity contribution in [2.75, 3.05) is 19.8 Å². The number of ether oxygens (including phenoxy) is 2. The van der Waals surface area contributed by atoms with Crippen LogP contribution < -0.4 is 0 Å². The molecule has 0 unspecified atom stereocenters. The molecular weight excluding hydrogens is 184 g/mol. The van der Waals surface area contributed by atoms with E-state index in [0.29, 0.717) is 19.6 Å². The van der Waals surface area contributed by atoms with Crippen molar-refractivity contribution in [1.82, 2.24) is 0 Å². The van der Waals surface area contributed by atoms with Gasteiger partial charge in [-0.1, -0.05) is 0 Å². The number of rotatable bonds is 5. The molecule has 1 atom stereocenters. The number of hydrogen-bond donors (Lipinski definition) is 2. The first kappa shape index (κ1) is 11.9. The van der Waals surface area contributed by atoms with Crippen LogP contribution in [0.1, 0.15) is 33.1 Å². The Morgan fingerprint density at radius 3 is 2.43 bits per heavy atom. The lowest BCUT2D eigenvalue weighted by atomic mass is 9.98. The molecule has 0 aliphatic carbocycles. The first-order valence-electron chi connectivity index (χ1n) is 5.09. The monoisotopic (exact) mass is 204 g/mol. The average Bonchev–Trinajstić information content (AvgIpc) is 2.52. The standard InChI is InChI=1S/C10H20O4/c1-9(12,8-11)4-3-5-10(2)13-6-7-14-10/h11-12H,3-8H2,1-2H3/t9-/m0/s1. The van der Waals surface area contributed by atoms with Gasteiger partial charge in [0.05, 0.1) is 25.4 Å². The highest BCUT2D eigenvalue weighted by atomic mass is 16.7. The lowest BCUT2D eigenvalue weighted by molar-refractivity contribution is -0.149. The summed E-state index contributed by atoms with van der Waals surface area (Å²) in [6, 6.07) is 0. The maximum absolute atomic E-state index is 9.55. The van der Waals surface area contributed by atoms with Gasteiger partial charge in [0, 0.05) is 6.42 Å². The van der Waals surface area contributed by atoms with E-state index in [1.54, 1.807) is 6.92 Å². The van der Waals surface area contributed by atoms with Crippen LogP contribution in [-0.2, 0) is 9.47 Å². The minimum Gasteiger partial charge on any atom is -0.393 e. The van der Waals surface area contributed by atoms with E-state index < -0.39 is 11.4 Å². The van der Waals surface area contributed by atoms with Gasteiger partial charge in [0.2, 0.25) is 0 Å². The molecule has 0 saturated carbocycles. The second-order valence-corrected chi connectivity index (χ2v) is 4.34. The normalized spacial score (nSPS) is 24.9. The summed E-state index contributed by atoms with van der Waals surface area (Å²) in [6.07, 6.45) is 2.10. The Morgan fingerprint density at radius 2 is 1.93 bits per heavy atom. The van der Waals surface area contributed by atoms with Crippen molar-refractivity contribution >= 4 is 0 Å². The van der Waals surface area contributed by atoms with Crippen LogP contribution in [0.4, 0.5) is 0 Å². The summed E-state index contributed by atoms with van der Waals surface area (Å²) in [5.41, 5.74) is -0.977. The zero-order valence-corrected chi connectivity index (χ0v) is 8.95. The molecule has 0 amide bonds. The summed E-state index contributed by atoms with van der Waals surface area (Å²) in [5, 5.41) is 18.4. The van der Waals surface area contributed by atoms with Crippen LogP contribution in [0.5, 0.6) is 0 Å². The summed E-state index contributed by atoms with van der Waals surface area (Å²) in [5.74, 6) is -0.481. The van der Waals surface area contributed by atoms with Crippen LogP contribution in [0, 0.1) is 0 Å². The van der Waals surface area contributed by atoms with Crippen molar-refractivity contribution in [3.63, 3.8) is 0 Å². The molecule has 0 aromatic heterocycles. The molecule has 2 N–H and O–H groups in total. The van der Waals surface area contributed by atoms with Crippen molar-refractivity contribution in [3.8, 4) is 0 Å². The van der Waals surface area contributed by atoms with Crippen molar-refractivity contribution in [2.24, 2.45) is 0 Å². The number of hydrogen-bond acceptors (Lipinski definition) is 4. The zero-order valence-electron chi connectivity index (χ0n) is 8.95. The van der Waals surface area contributed by atoms with Crippen LogP contribution >= 0.6 is 0 Å². The molecule has 0 spiro atoms. The molecular formula is C10H20O4. The molecule has 1 saturated heterocycles. The van der Waals surface area contributed by atoms with E-state index in [4.69, 9.17) is 14.6 Å². The number of aliphatic hydroxyl groups is 2. The predicted molar refractivity (Wildman–Crippen MR) is 51.9 cm³/mol. The molecule has 84 valence electrons. The van der Waals surface area contributed by atoms with Crippen LogP contribution in [0.3, 0.4) is 0 Å². The number of aliphatic hydroxyl groups excluding tert-OH is 1. The largest absolute Gasteiger partial charge is 0.393 e. The highest BCUT2D eigenvalue weighted by Gasteiger charge is 2.31. The van der Waals surface area contributed by atoms with Gasteiger partial charge < -0.3 is 19.7 Å². The Balaban J connectivity index is 2.20. The van der Waals surface area contributed by atoms with E-state index in [1.165, 1.54) is 0 Å². The quantitative estimate of drug-likeness (QED) is 0.691. The molecule has 0 bridgehead atoms. The van der Waals surface area contributed by atoms with Crippen LogP contribution in [0.2, 0.25) is 0 Å². The van der Waals surface area contributed by atoms with Gasteiger partial charge in [-0.3, -0.25) is 0 Å². The Morgan fingerprint density at radius 1 is 1.36 bits per heavy atom. The third-order valence-electron chi connectivity index (χ3n) is 2.58. The molecule has 1 rings (SSSR count). The van der Waals surface area contributed by atoms with Gasteiger partial charge >= 0.3 is 0 Å². The topological polar surface area (TPSA) is 58.9 Å². The van der Waals surface area contributed by atoms with Crippen LogP contribution in [0.25, 0.3) is 0 Å². The van der Waals surface area contributed by atoms with Gasteiger partial charge in [-0.2, -0.15) is 0 Å². The van der Waals surface area contributed by atoms with Gasteiger partial charge in [-0.05, 0) is 26.7 Å². The van der Waals surface area contributed by atoms with Crippen molar-refractivity contribution in [2.45, 2.75) is 44.5 Å². The van der Waals surface area contributed by atoms with E-state index >= 15 is 0 Å². The Bertz CT molecular complexity index is 173. The Labute approximate surface area is 84.8 Å². The van der Waals surface area contributed by atoms with Crippen molar-refractivity contribution in [1.29, 1.82) is 0 Å². The average molecular weight is 204 g/mol. The molecule has 4 nitrogen and oxygen atoms in total. The highest BCUT2D eigenvalue weighted by molar-refractivity contribution is 4.74. The van der Waals surface area contributed by atoms with E-state index in [1.807, 2.05) is 6.92 Å². The second-order valence-electron chi connectivity index (χ2n) is 4.34. The molecule has 1 aliphatic heterocycles. The first-order valence-corrected chi connectivity index (χ1v) is 5.09. The summed E-state index contributed by atoms with van der Waals surface area (Å²) in [7, 11) is 0. The fourth-order valence-electron chi connectivity index (χ4n) is 1.57. The van der Waals surface area contributed by atoms with E-state index in [0.717, 1.165) is 12.8 Å². The minimum absolute atomic E-state index is 0.203. The lowest BCUT2D eigenvalue weighted by Crippen LogP contribution is -2.31. The molecule has 0 aromatic rings. The van der Waals surface area contributed by atoms with Gasteiger partial charge in [-0.25, -0.2) is 0 Å². The lowest BCUT2D eigenvalue weighted by Gasteiger charge is -2.25. The van der Waals surface area contributed by atoms with Gasteiger partial charge in [0.25, 0.3) is 0 Å². The molecule has 0 radical (unpaired) electrons. The van der Waals surface area contributed by atoms with Gasteiger partial charge in [0.1, 0.15) is 0 Å². The zero-order chi connectivity index (χ0) is 10.7. The summed E-state index contributed by atoms with van der Waals surface area (Å²) >= 11 is 0. The molecule has 4 heteroatoms. The summed E-state index contributed by atoms with van der Waals surface area (Å²) < 4.78 is 10.8. The minimum atomic E-state index is -0.977. The third-order valence-corrected chi connectivity index (χ3v) is 2.58. The fourth-order valence-corrected chi connectivity index (χ4v) is 1.57. The SMILES string of the molecule is CC1(CCC[C@](C)(O)CO)OCCO1. The maximum Gasteiger partial charge on any atom is 0.165 e. The second kappa shape index (κ2) is 4.57. The molecule has 1 fully saturated rings. The molecule has 14 heavy (non-hydrogen) atoms. The maximum atomic E-state index is 9.55. The Hall–Kier alpha value is -0.160. The van der Waals surface area contributed by atoms with Crippen LogP contribution in [-0.4, -0.2) is 41.4 Å². The van der Waals surface area contributed by atoms with Crippen molar-refractivity contribution < 1.29 is 19.7 Å². The Kier molecular flexibility index (Phi) is 3.89. The molecule has 1 heterocycles. The van der Waals surface area contributed by atoms with E-state index in [2.05, 4.69) is 0 Å². The fraction of sp³-hybridized carbons (Fsp3) is 1.00. The van der Waals surface area contributed by atoms with E-state index in [-0.39, 0.29) is 6.61 Å². The van der Waals surface area contributed by atoms with Gasteiger partial charge in [0.15, 0.2) is 5.79 Å². The molecule has 1 aliphatic rings. The van der Waals surface area contributed by atoms with E-state index in [9.17, 15) is 5.11 Å². The summed E-state index contributed by atoms with van der Waals surface area (Å²) in [4.78, 5) is 0. The first-order chi connectivity index (χ1) is 6.47. The summed E-state index contributed by atoms with van der Waals surface area (Å²) in [6.45, 7) is 4.63. The van der Waals surface area contributed by atoms with Gasteiger partial charge in [-0.15, -0.1) is 0 Å². The highest BCUT2D eigenvalue weighted by Crippen LogP contribution is 2.26. The third kappa shape index (κ3) is 3.53. The molecule has 0 aromatic carbocycles. The van der Waals surface area contributed by atoms with Crippen molar-refractivity contribution in [3.05, 3.63) is 0 Å².